The number of rotatable bonds is 5. The van der Waals surface area contributed by atoms with Gasteiger partial charge in [-0.1, -0.05) is 31.4 Å². The quantitative estimate of drug-likeness (QED) is 0.498. The van der Waals surface area contributed by atoms with Crippen LogP contribution in [-0.2, 0) is 0 Å². The number of nitrogens with one attached hydrogen (secondary N) is 1. The van der Waals surface area contributed by atoms with Crippen molar-refractivity contribution in [2.24, 2.45) is 0 Å². The van der Waals surface area contributed by atoms with Crippen LogP contribution >= 0.6 is 0 Å². The van der Waals surface area contributed by atoms with Crippen LogP contribution in [0.4, 0.5) is 5.82 Å². The highest BCUT2D eigenvalue weighted by atomic mass is 16.5. The molecule has 7 heteroatoms. The first-order valence-corrected chi connectivity index (χ1v) is 10.3. The second-order valence-corrected chi connectivity index (χ2v) is 7.53. The molecular formula is C23H23N5O2. The minimum absolute atomic E-state index is 0.304. The Bertz CT molecular complexity index is 1150. The molecule has 1 N–H and O–H groups in total. The third kappa shape index (κ3) is 3.70. The Morgan fingerprint density at radius 2 is 1.67 bits per heavy atom. The largest absolute Gasteiger partial charge is 0.497 e. The Kier molecular flexibility index (Phi) is 5.01. The van der Waals surface area contributed by atoms with Gasteiger partial charge in [-0.25, -0.2) is 9.97 Å². The number of methoxy groups -OCH3 is 1. The van der Waals surface area contributed by atoms with Gasteiger partial charge in [0.15, 0.2) is 0 Å². The van der Waals surface area contributed by atoms with Crippen molar-refractivity contribution in [2.75, 3.05) is 12.4 Å². The number of aromatic nitrogens is 4. The Morgan fingerprint density at radius 3 is 2.47 bits per heavy atom. The molecule has 0 amide bonds. The van der Waals surface area contributed by atoms with Crippen LogP contribution < -0.4 is 10.1 Å². The molecule has 0 saturated heterocycles. The lowest BCUT2D eigenvalue weighted by molar-refractivity contribution is 0.415. The topological polar surface area (TPSA) is 86.0 Å². The standard InChI is InChI=1S/C23H23N5O2/c1-29-17-13-11-15(12-14-17)22-27-28-23(30-22)21-25-19-10-6-5-9-18(19)20(26-21)24-16-7-3-2-4-8-16/h5-6,9-14,16H,2-4,7-8H2,1H3,(H,24,25,26). The van der Waals surface area contributed by atoms with Crippen molar-refractivity contribution >= 4 is 16.7 Å². The van der Waals surface area contributed by atoms with Gasteiger partial charge in [-0.2, -0.15) is 0 Å². The van der Waals surface area contributed by atoms with E-state index in [4.69, 9.17) is 14.1 Å². The molecule has 2 heterocycles. The fourth-order valence-electron chi connectivity index (χ4n) is 3.89. The summed E-state index contributed by atoms with van der Waals surface area (Å²) in [6.45, 7) is 0. The molecule has 4 aromatic rings. The molecule has 1 fully saturated rings. The summed E-state index contributed by atoms with van der Waals surface area (Å²) in [6, 6.07) is 15.9. The molecule has 2 aromatic carbocycles. The number of para-hydroxylation sites is 1. The second kappa shape index (κ2) is 8.10. The summed E-state index contributed by atoms with van der Waals surface area (Å²) in [5, 5.41) is 13.0. The van der Waals surface area contributed by atoms with Gasteiger partial charge >= 0.3 is 0 Å². The summed E-state index contributed by atoms with van der Waals surface area (Å²) in [4.78, 5) is 9.43. The van der Waals surface area contributed by atoms with Gasteiger partial charge in [-0.05, 0) is 49.2 Å². The van der Waals surface area contributed by atoms with E-state index >= 15 is 0 Å². The van der Waals surface area contributed by atoms with E-state index in [0.29, 0.717) is 23.6 Å². The fourth-order valence-corrected chi connectivity index (χ4v) is 3.89. The highest BCUT2D eigenvalue weighted by molar-refractivity contribution is 5.90. The molecule has 0 spiro atoms. The van der Waals surface area contributed by atoms with Crippen molar-refractivity contribution in [3.63, 3.8) is 0 Å². The first kappa shape index (κ1) is 18.5. The second-order valence-electron chi connectivity index (χ2n) is 7.53. The number of benzene rings is 2. The van der Waals surface area contributed by atoms with Crippen molar-refractivity contribution in [3.8, 4) is 28.9 Å². The first-order chi connectivity index (χ1) is 14.8. The Hall–Kier alpha value is -3.48. The Morgan fingerprint density at radius 1 is 0.900 bits per heavy atom. The van der Waals surface area contributed by atoms with Gasteiger partial charge in [0.1, 0.15) is 11.6 Å². The number of anilines is 1. The zero-order valence-electron chi connectivity index (χ0n) is 16.8. The van der Waals surface area contributed by atoms with Crippen LogP contribution in [0.1, 0.15) is 32.1 Å². The molecule has 1 aliphatic carbocycles. The lowest BCUT2D eigenvalue weighted by Gasteiger charge is -2.24. The van der Waals surface area contributed by atoms with Gasteiger partial charge in [0, 0.05) is 17.0 Å². The van der Waals surface area contributed by atoms with E-state index in [1.807, 2.05) is 48.5 Å². The van der Waals surface area contributed by atoms with E-state index in [0.717, 1.165) is 40.9 Å². The van der Waals surface area contributed by atoms with Crippen molar-refractivity contribution < 1.29 is 9.15 Å². The Balaban J connectivity index is 1.50. The summed E-state index contributed by atoms with van der Waals surface area (Å²) in [7, 11) is 1.63. The molecule has 30 heavy (non-hydrogen) atoms. The molecule has 2 aromatic heterocycles. The van der Waals surface area contributed by atoms with Crippen LogP contribution in [0, 0.1) is 0 Å². The van der Waals surface area contributed by atoms with Gasteiger partial charge in [-0.15, -0.1) is 10.2 Å². The highest BCUT2D eigenvalue weighted by Gasteiger charge is 2.19. The summed E-state index contributed by atoms with van der Waals surface area (Å²) in [5.41, 5.74) is 1.67. The van der Waals surface area contributed by atoms with Crippen LogP contribution in [0.3, 0.4) is 0 Å². The van der Waals surface area contributed by atoms with Gasteiger partial charge in [0.2, 0.25) is 11.7 Å². The number of hydrogen-bond donors (Lipinski definition) is 1. The van der Waals surface area contributed by atoms with Gasteiger partial charge in [0.05, 0.1) is 12.6 Å². The normalized spacial score (nSPS) is 14.7. The fraction of sp³-hybridized carbons (Fsp3) is 0.304. The maximum absolute atomic E-state index is 5.91. The maximum Gasteiger partial charge on any atom is 0.286 e. The molecule has 0 atom stereocenters. The molecule has 0 aliphatic heterocycles. The molecule has 0 radical (unpaired) electrons. The van der Waals surface area contributed by atoms with Crippen molar-refractivity contribution in [1.82, 2.24) is 20.2 Å². The van der Waals surface area contributed by atoms with Crippen LogP contribution in [0.5, 0.6) is 5.75 Å². The van der Waals surface area contributed by atoms with Crippen LogP contribution in [-0.4, -0.2) is 33.3 Å². The SMILES string of the molecule is COc1ccc(-c2nnc(-c3nc(NC4CCCCC4)c4ccccc4n3)o2)cc1. The first-order valence-electron chi connectivity index (χ1n) is 10.3. The van der Waals surface area contributed by atoms with E-state index in [-0.39, 0.29) is 0 Å². The molecule has 1 aliphatic rings. The highest BCUT2D eigenvalue weighted by Crippen LogP contribution is 2.29. The lowest BCUT2D eigenvalue weighted by Crippen LogP contribution is -2.23. The summed E-state index contributed by atoms with van der Waals surface area (Å²) >= 11 is 0. The average molecular weight is 401 g/mol. The molecule has 152 valence electrons. The summed E-state index contributed by atoms with van der Waals surface area (Å²) < 4.78 is 11.1. The van der Waals surface area contributed by atoms with Crippen molar-refractivity contribution in [2.45, 2.75) is 38.1 Å². The third-order valence-corrected chi connectivity index (χ3v) is 5.50. The number of hydrogen-bond acceptors (Lipinski definition) is 7. The maximum atomic E-state index is 5.91. The average Bonchev–Trinajstić information content (AvgIpc) is 3.30. The summed E-state index contributed by atoms with van der Waals surface area (Å²) in [6.07, 6.45) is 6.14. The summed E-state index contributed by atoms with van der Waals surface area (Å²) in [5.74, 6) is 2.75. The molecule has 5 rings (SSSR count). The van der Waals surface area contributed by atoms with Gasteiger partial charge < -0.3 is 14.5 Å². The van der Waals surface area contributed by atoms with Gasteiger partial charge in [-0.3, -0.25) is 0 Å². The molecule has 0 bridgehead atoms. The molecule has 0 unspecified atom stereocenters. The van der Waals surface area contributed by atoms with Gasteiger partial charge in [0.25, 0.3) is 5.89 Å². The minimum atomic E-state index is 0.304. The van der Waals surface area contributed by atoms with E-state index in [1.165, 1.54) is 19.3 Å². The molecular weight excluding hydrogens is 378 g/mol. The van der Waals surface area contributed by atoms with Crippen molar-refractivity contribution in [3.05, 3.63) is 48.5 Å². The van der Waals surface area contributed by atoms with E-state index in [2.05, 4.69) is 20.5 Å². The Labute approximate surface area is 174 Å². The van der Waals surface area contributed by atoms with E-state index < -0.39 is 0 Å². The smallest absolute Gasteiger partial charge is 0.286 e. The molecule has 1 saturated carbocycles. The number of fused-ring (bicyclic) bond motifs is 1. The van der Waals surface area contributed by atoms with Crippen molar-refractivity contribution in [1.29, 1.82) is 0 Å². The number of ether oxygens (including phenoxy) is 1. The monoisotopic (exact) mass is 401 g/mol. The predicted molar refractivity (Wildman–Crippen MR) is 115 cm³/mol. The van der Waals surface area contributed by atoms with E-state index in [9.17, 15) is 0 Å². The molecule has 7 nitrogen and oxygen atoms in total. The predicted octanol–water partition coefficient (Wildman–Crippen LogP) is 5.10. The zero-order valence-corrected chi connectivity index (χ0v) is 16.8. The van der Waals surface area contributed by atoms with Crippen LogP contribution in [0.2, 0.25) is 0 Å². The third-order valence-electron chi connectivity index (χ3n) is 5.50. The minimum Gasteiger partial charge on any atom is -0.497 e. The zero-order chi connectivity index (χ0) is 20.3. The van der Waals surface area contributed by atoms with Crippen LogP contribution in [0.15, 0.2) is 52.9 Å². The number of nitrogens with zero attached hydrogens (tertiary/aromatic N) is 4. The van der Waals surface area contributed by atoms with E-state index in [1.54, 1.807) is 7.11 Å². The van der Waals surface area contributed by atoms with Crippen LogP contribution in [0.25, 0.3) is 34.1 Å². The lowest BCUT2D eigenvalue weighted by atomic mass is 9.95.